The van der Waals surface area contributed by atoms with Gasteiger partial charge in [-0.05, 0) is 40.8 Å². The Bertz CT molecular complexity index is 242. The zero-order chi connectivity index (χ0) is 12.3. The molecule has 0 aromatic carbocycles. The first-order valence-electron chi connectivity index (χ1n) is 6.16. The van der Waals surface area contributed by atoms with Crippen LogP contribution in [-0.4, -0.2) is 61.0 Å². The molecule has 0 aliphatic carbocycles. The van der Waals surface area contributed by atoms with E-state index in [0.717, 1.165) is 19.5 Å². The highest BCUT2D eigenvalue weighted by Gasteiger charge is 2.37. The molecule has 1 amide bonds. The molecule has 94 valence electrons. The monoisotopic (exact) mass is 227 g/mol. The van der Waals surface area contributed by atoms with Gasteiger partial charge in [-0.25, -0.2) is 0 Å². The van der Waals surface area contributed by atoms with Crippen molar-refractivity contribution < 1.29 is 4.79 Å². The SMILES string of the molecule is CNCCC1C(=O)N(C)CC(C)N1C(C)C. The van der Waals surface area contributed by atoms with E-state index in [4.69, 9.17) is 0 Å². The lowest BCUT2D eigenvalue weighted by Crippen LogP contribution is -2.62. The Balaban J connectivity index is 2.79. The molecule has 2 atom stereocenters. The zero-order valence-corrected chi connectivity index (χ0v) is 11.2. The molecule has 1 N–H and O–H groups in total. The highest BCUT2D eigenvalue weighted by atomic mass is 16.2. The largest absolute Gasteiger partial charge is 0.343 e. The third-order valence-corrected chi connectivity index (χ3v) is 3.33. The Morgan fingerprint density at radius 3 is 2.62 bits per heavy atom. The van der Waals surface area contributed by atoms with Crippen LogP contribution in [0.5, 0.6) is 0 Å². The summed E-state index contributed by atoms with van der Waals surface area (Å²) in [6.45, 7) is 8.27. The average Bonchev–Trinajstić information content (AvgIpc) is 2.20. The summed E-state index contributed by atoms with van der Waals surface area (Å²) >= 11 is 0. The van der Waals surface area contributed by atoms with Gasteiger partial charge in [-0.15, -0.1) is 0 Å². The topological polar surface area (TPSA) is 35.6 Å². The van der Waals surface area contributed by atoms with Crippen LogP contribution in [0.25, 0.3) is 0 Å². The number of carbonyl (C=O) groups is 1. The Labute approximate surface area is 99.0 Å². The van der Waals surface area contributed by atoms with Gasteiger partial charge in [-0.1, -0.05) is 0 Å². The third-order valence-electron chi connectivity index (χ3n) is 3.33. The van der Waals surface area contributed by atoms with Crippen LogP contribution in [0.2, 0.25) is 0 Å². The van der Waals surface area contributed by atoms with Crippen molar-refractivity contribution in [2.45, 2.75) is 45.3 Å². The minimum Gasteiger partial charge on any atom is -0.343 e. The molecule has 0 radical (unpaired) electrons. The van der Waals surface area contributed by atoms with Crippen LogP contribution in [0, 0.1) is 0 Å². The molecule has 1 saturated heterocycles. The van der Waals surface area contributed by atoms with Crippen molar-refractivity contribution in [3.05, 3.63) is 0 Å². The number of carbonyl (C=O) groups excluding carboxylic acids is 1. The second-order valence-corrected chi connectivity index (χ2v) is 5.02. The van der Waals surface area contributed by atoms with Gasteiger partial charge in [0.05, 0.1) is 6.04 Å². The Morgan fingerprint density at radius 1 is 1.50 bits per heavy atom. The summed E-state index contributed by atoms with van der Waals surface area (Å²) in [5, 5.41) is 3.13. The summed E-state index contributed by atoms with van der Waals surface area (Å²) in [6.07, 6.45) is 0.891. The fourth-order valence-corrected chi connectivity index (χ4v) is 2.69. The molecule has 0 aromatic rings. The highest BCUT2D eigenvalue weighted by Crippen LogP contribution is 2.21. The van der Waals surface area contributed by atoms with Crippen LogP contribution in [0.4, 0.5) is 0 Å². The van der Waals surface area contributed by atoms with Gasteiger partial charge < -0.3 is 10.2 Å². The number of rotatable bonds is 4. The highest BCUT2D eigenvalue weighted by molar-refractivity contribution is 5.82. The minimum absolute atomic E-state index is 0.0428. The maximum absolute atomic E-state index is 12.1. The lowest BCUT2D eigenvalue weighted by molar-refractivity contribution is -0.144. The molecule has 1 heterocycles. The van der Waals surface area contributed by atoms with Gasteiger partial charge in [0.15, 0.2) is 0 Å². The first kappa shape index (κ1) is 13.5. The fraction of sp³-hybridized carbons (Fsp3) is 0.917. The quantitative estimate of drug-likeness (QED) is 0.761. The van der Waals surface area contributed by atoms with E-state index in [2.05, 4.69) is 31.0 Å². The van der Waals surface area contributed by atoms with E-state index in [0.29, 0.717) is 12.1 Å². The van der Waals surface area contributed by atoms with Gasteiger partial charge in [-0.3, -0.25) is 9.69 Å². The third kappa shape index (κ3) is 2.74. The summed E-state index contributed by atoms with van der Waals surface area (Å²) in [4.78, 5) is 16.4. The number of nitrogens with zero attached hydrogens (tertiary/aromatic N) is 2. The van der Waals surface area contributed by atoms with Gasteiger partial charge in [-0.2, -0.15) is 0 Å². The molecular formula is C12H25N3O. The van der Waals surface area contributed by atoms with E-state index in [9.17, 15) is 4.79 Å². The first-order valence-corrected chi connectivity index (χ1v) is 6.16. The summed E-state index contributed by atoms with van der Waals surface area (Å²) < 4.78 is 0. The van der Waals surface area contributed by atoms with E-state index in [-0.39, 0.29) is 11.9 Å². The molecule has 16 heavy (non-hydrogen) atoms. The van der Waals surface area contributed by atoms with E-state index in [1.165, 1.54) is 0 Å². The maximum atomic E-state index is 12.1. The van der Waals surface area contributed by atoms with Crippen LogP contribution in [0.1, 0.15) is 27.2 Å². The second-order valence-electron chi connectivity index (χ2n) is 5.02. The van der Waals surface area contributed by atoms with Crippen molar-refractivity contribution in [1.29, 1.82) is 0 Å². The minimum atomic E-state index is 0.0428. The Hall–Kier alpha value is -0.610. The first-order chi connectivity index (χ1) is 7.49. The lowest BCUT2D eigenvalue weighted by Gasteiger charge is -2.46. The lowest BCUT2D eigenvalue weighted by atomic mass is 10.0. The second kappa shape index (κ2) is 5.64. The van der Waals surface area contributed by atoms with Gasteiger partial charge in [0.25, 0.3) is 0 Å². The molecule has 0 spiro atoms. The molecule has 1 rings (SSSR count). The molecular weight excluding hydrogens is 202 g/mol. The normalized spacial score (nSPS) is 27.9. The number of piperazine rings is 1. The summed E-state index contributed by atoms with van der Waals surface area (Å²) in [5.74, 6) is 0.266. The molecule has 4 heteroatoms. The number of nitrogens with one attached hydrogen (secondary N) is 1. The van der Waals surface area contributed by atoms with Crippen molar-refractivity contribution in [3.63, 3.8) is 0 Å². The molecule has 1 aliphatic rings. The van der Waals surface area contributed by atoms with E-state index in [1.807, 2.05) is 19.0 Å². The maximum Gasteiger partial charge on any atom is 0.239 e. The predicted octanol–water partition coefficient (Wildman–Crippen LogP) is 0.535. The smallest absolute Gasteiger partial charge is 0.239 e. The van der Waals surface area contributed by atoms with Crippen molar-refractivity contribution in [3.8, 4) is 0 Å². The van der Waals surface area contributed by atoms with Crippen LogP contribution < -0.4 is 5.32 Å². The van der Waals surface area contributed by atoms with Crippen LogP contribution in [0.3, 0.4) is 0 Å². The summed E-state index contributed by atoms with van der Waals surface area (Å²) in [7, 11) is 3.84. The van der Waals surface area contributed by atoms with Crippen molar-refractivity contribution in [2.24, 2.45) is 0 Å². The number of likely N-dealkylation sites (N-methyl/N-ethyl adjacent to an activating group) is 1. The standard InChI is InChI=1S/C12H25N3O/c1-9(2)15-10(3)8-14(5)12(16)11(15)6-7-13-4/h9-11,13H,6-8H2,1-5H3. The van der Waals surface area contributed by atoms with E-state index >= 15 is 0 Å². The van der Waals surface area contributed by atoms with E-state index in [1.54, 1.807) is 0 Å². The molecule has 0 saturated carbocycles. The van der Waals surface area contributed by atoms with Crippen molar-refractivity contribution in [1.82, 2.24) is 15.1 Å². The fourth-order valence-electron chi connectivity index (χ4n) is 2.69. The molecule has 0 aromatic heterocycles. The van der Waals surface area contributed by atoms with Gasteiger partial charge in [0.1, 0.15) is 0 Å². The zero-order valence-electron chi connectivity index (χ0n) is 11.2. The molecule has 0 bridgehead atoms. The van der Waals surface area contributed by atoms with Crippen molar-refractivity contribution in [2.75, 3.05) is 27.2 Å². The predicted molar refractivity (Wildman–Crippen MR) is 66.4 cm³/mol. The molecule has 1 fully saturated rings. The van der Waals surface area contributed by atoms with Crippen LogP contribution in [0.15, 0.2) is 0 Å². The van der Waals surface area contributed by atoms with Gasteiger partial charge >= 0.3 is 0 Å². The summed E-state index contributed by atoms with van der Waals surface area (Å²) in [5.41, 5.74) is 0. The number of hydrogen-bond donors (Lipinski definition) is 1. The number of hydrogen-bond acceptors (Lipinski definition) is 3. The van der Waals surface area contributed by atoms with Crippen LogP contribution >= 0.6 is 0 Å². The Kier molecular flexibility index (Phi) is 4.74. The number of amides is 1. The average molecular weight is 227 g/mol. The molecule has 4 nitrogen and oxygen atoms in total. The van der Waals surface area contributed by atoms with Crippen LogP contribution in [-0.2, 0) is 4.79 Å². The molecule has 1 aliphatic heterocycles. The Morgan fingerprint density at radius 2 is 2.12 bits per heavy atom. The van der Waals surface area contributed by atoms with E-state index < -0.39 is 0 Å². The van der Waals surface area contributed by atoms with Gasteiger partial charge in [0.2, 0.25) is 5.91 Å². The molecule has 2 unspecified atom stereocenters. The summed E-state index contributed by atoms with van der Waals surface area (Å²) in [6, 6.07) is 0.917. The van der Waals surface area contributed by atoms with Crippen molar-refractivity contribution >= 4 is 5.91 Å². The van der Waals surface area contributed by atoms with Gasteiger partial charge in [0, 0.05) is 25.7 Å².